The summed E-state index contributed by atoms with van der Waals surface area (Å²) in [6.45, 7) is 14.2. The lowest BCUT2D eigenvalue weighted by Gasteiger charge is -2.35. The molecule has 2 aliphatic rings. The number of nitrogens with one attached hydrogen (secondary N) is 2. The van der Waals surface area contributed by atoms with Crippen molar-refractivity contribution >= 4 is 73.9 Å². The second kappa shape index (κ2) is 20.9. The van der Waals surface area contributed by atoms with Crippen LogP contribution in [0.4, 0.5) is 4.39 Å². The van der Waals surface area contributed by atoms with Gasteiger partial charge in [0.25, 0.3) is 11.8 Å². The first-order valence-electron chi connectivity index (χ1n) is 24.9. The molecular formula is C55H61ClFN9O8. The van der Waals surface area contributed by atoms with Gasteiger partial charge in [-0.2, -0.15) is 5.10 Å². The number of carbonyl (C=O) groups is 5. The number of imidazole rings is 1. The van der Waals surface area contributed by atoms with Gasteiger partial charge in [-0.25, -0.2) is 14.2 Å². The summed E-state index contributed by atoms with van der Waals surface area (Å²) < 4.78 is 38.3. The maximum Gasteiger partial charge on any atom is 0.355 e. The average molecular weight is 1030 g/mol. The minimum absolute atomic E-state index is 0.106. The Morgan fingerprint density at radius 1 is 0.919 bits per heavy atom. The molecule has 17 nitrogen and oxygen atoms in total. The van der Waals surface area contributed by atoms with E-state index in [1.165, 1.54) is 18.2 Å². The first-order chi connectivity index (χ1) is 35.3. The third-order valence-electron chi connectivity index (χ3n) is 14.0. The number of rotatable bonds is 15. The molecule has 74 heavy (non-hydrogen) atoms. The molecule has 0 spiro atoms. The third kappa shape index (κ3) is 10.6. The Kier molecular flexibility index (Phi) is 14.6. The predicted molar refractivity (Wildman–Crippen MR) is 279 cm³/mol. The molecule has 0 saturated carbocycles. The molecule has 9 rings (SSSR count). The Morgan fingerprint density at radius 2 is 1.68 bits per heavy atom. The highest BCUT2D eigenvalue weighted by Gasteiger charge is 2.33. The molecular weight excluding hydrogens is 969 g/mol. The highest BCUT2D eigenvalue weighted by molar-refractivity contribution is 6.35. The van der Waals surface area contributed by atoms with Crippen LogP contribution in [0.15, 0.2) is 60.7 Å². The minimum Gasteiger partial charge on any atom is -0.493 e. The number of halogens is 2. The second-order valence-corrected chi connectivity index (χ2v) is 20.5. The van der Waals surface area contributed by atoms with Crippen molar-refractivity contribution < 1.29 is 42.6 Å². The van der Waals surface area contributed by atoms with Crippen molar-refractivity contribution in [2.45, 2.75) is 85.4 Å². The van der Waals surface area contributed by atoms with E-state index in [9.17, 15) is 28.4 Å². The fourth-order valence-electron chi connectivity index (χ4n) is 10.1. The van der Waals surface area contributed by atoms with E-state index in [1.54, 1.807) is 24.0 Å². The van der Waals surface area contributed by atoms with Crippen molar-refractivity contribution in [2.24, 2.45) is 14.1 Å². The number of nitrogens with zero attached hydrogens (tertiary/aromatic N) is 7. The van der Waals surface area contributed by atoms with E-state index in [1.807, 2.05) is 88.3 Å². The zero-order chi connectivity index (χ0) is 52.7. The molecule has 0 radical (unpaired) electrons. The van der Waals surface area contributed by atoms with E-state index in [0.717, 1.165) is 49.8 Å². The lowest BCUT2D eigenvalue weighted by molar-refractivity contribution is -0.136. The molecule has 3 aromatic heterocycles. The number of imide groups is 1. The van der Waals surface area contributed by atoms with Gasteiger partial charge in [0, 0.05) is 93.4 Å². The van der Waals surface area contributed by atoms with Crippen LogP contribution in [0.25, 0.3) is 43.8 Å². The van der Waals surface area contributed by atoms with Crippen molar-refractivity contribution in [3.63, 3.8) is 0 Å². The van der Waals surface area contributed by atoms with Gasteiger partial charge in [-0.3, -0.25) is 34.1 Å². The summed E-state index contributed by atoms with van der Waals surface area (Å²) in [5.41, 5.74) is 5.82. The van der Waals surface area contributed by atoms with E-state index in [2.05, 4.69) is 25.1 Å². The number of piperidine rings is 1. The Balaban J connectivity index is 0.939. The zero-order valence-electron chi connectivity index (χ0n) is 43.0. The molecule has 388 valence electrons. The largest absolute Gasteiger partial charge is 0.493 e. The maximum atomic E-state index is 14.7. The van der Waals surface area contributed by atoms with Crippen LogP contribution in [-0.4, -0.2) is 121 Å². The highest BCUT2D eigenvalue weighted by atomic mass is 35.5. The number of ether oxygens (including phenoxy) is 3. The molecule has 2 fully saturated rings. The van der Waals surface area contributed by atoms with Crippen LogP contribution in [0.5, 0.6) is 11.5 Å². The van der Waals surface area contributed by atoms with Gasteiger partial charge in [0.15, 0.2) is 6.61 Å². The normalized spacial score (nSPS) is 15.5. The fraction of sp³-hybridized carbons (Fsp3) is 0.400. The molecule has 2 N–H and O–H groups in total. The molecule has 4 amide bonds. The van der Waals surface area contributed by atoms with Crippen LogP contribution in [0.2, 0.25) is 5.02 Å². The third-order valence-corrected chi connectivity index (χ3v) is 14.3. The Hall–Kier alpha value is -7.31. The maximum absolute atomic E-state index is 14.7. The van der Waals surface area contributed by atoms with Crippen LogP contribution in [0, 0.1) is 26.6 Å². The average Bonchev–Trinajstić information content (AvgIpc) is 3.94. The smallest absolute Gasteiger partial charge is 0.355 e. The van der Waals surface area contributed by atoms with Gasteiger partial charge in [0.1, 0.15) is 46.0 Å². The number of hydrogen-bond acceptors (Lipinski definition) is 11. The van der Waals surface area contributed by atoms with E-state index in [0.29, 0.717) is 92.0 Å². The van der Waals surface area contributed by atoms with Gasteiger partial charge in [-0.1, -0.05) is 29.8 Å². The summed E-state index contributed by atoms with van der Waals surface area (Å²) in [6, 6.07) is 16.4. The van der Waals surface area contributed by atoms with Crippen molar-refractivity contribution in [1.29, 1.82) is 0 Å². The van der Waals surface area contributed by atoms with E-state index in [4.69, 9.17) is 30.9 Å². The zero-order valence-corrected chi connectivity index (χ0v) is 43.7. The van der Waals surface area contributed by atoms with Crippen LogP contribution >= 0.6 is 11.6 Å². The topological polar surface area (TPSA) is 184 Å². The molecule has 4 aromatic carbocycles. The number of hydrogen-bond donors (Lipinski definition) is 2. The second-order valence-electron chi connectivity index (χ2n) is 20.1. The van der Waals surface area contributed by atoms with Crippen molar-refractivity contribution in [3.8, 4) is 22.6 Å². The van der Waals surface area contributed by atoms with Crippen LogP contribution in [0.1, 0.15) is 83.7 Å². The molecule has 2 saturated heterocycles. The molecule has 1 atom stereocenters. The van der Waals surface area contributed by atoms with Gasteiger partial charge in [0.05, 0.1) is 33.9 Å². The molecule has 0 aliphatic carbocycles. The molecule has 1 unspecified atom stereocenters. The summed E-state index contributed by atoms with van der Waals surface area (Å²) in [7, 11) is 3.71. The summed E-state index contributed by atoms with van der Waals surface area (Å²) in [4.78, 5) is 74.8. The number of aryl methyl sites for hydroxylation is 5. The standard InChI is InChI=1S/C55H61ClFN9O8/c1-31-47(32(2)63(8)61-31)48-41(56)17-16-39-38(12-10-26-72-44-13-9-11-34-27-35(57)14-15-37(34)44)51(54(71)74-55(4,5)6)66(50(39)48)25-22-64-20-23-65(24-21-64)46(68)30-73-36-28-40(49-43(29-36)62(7)33(3)58-49)52(69)59-42-18-19-45(67)60-53(42)70/h9,11,13-17,27-29,42H,10,12,18-26,30H2,1-8H3,(H,59,69)(H,60,67,70). The van der Waals surface area contributed by atoms with Gasteiger partial charge in [-0.15, -0.1) is 0 Å². The summed E-state index contributed by atoms with van der Waals surface area (Å²) in [6.07, 6.45) is 1.30. The van der Waals surface area contributed by atoms with Gasteiger partial charge >= 0.3 is 5.97 Å². The number of amides is 4. The number of esters is 1. The van der Waals surface area contributed by atoms with Crippen LogP contribution < -0.4 is 20.1 Å². The summed E-state index contributed by atoms with van der Waals surface area (Å²) in [5.74, 6) is -0.947. The molecule has 7 aromatic rings. The van der Waals surface area contributed by atoms with Gasteiger partial charge < -0.3 is 33.6 Å². The quantitative estimate of drug-likeness (QED) is 0.0588. The van der Waals surface area contributed by atoms with Crippen LogP contribution in [-0.2, 0) is 46.2 Å². The van der Waals surface area contributed by atoms with E-state index in [-0.39, 0.29) is 48.4 Å². The first-order valence-corrected chi connectivity index (χ1v) is 25.3. The Morgan fingerprint density at radius 3 is 2.39 bits per heavy atom. The number of piperazine rings is 1. The SMILES string of the molecule is Cc1nn(C)c(C)c1-c1c(Cl)ccc2c(CCCOc3cccc4cc(F)ccc34)c(C(=O)OC(C)(C)C)n(CCN3CCN(C(=O)COc4cc(C(=O)NC5CCC(=O)NC5=O)c5nc(C)n(C)c5c4)CC3)c12. The van der Waals surface area contributed by atoms with Gasteiger partial charge in [-0.05, 0) is 108 Å². The lowest BCUT2D eigenvalue weighted by atomic mass is 9.98. The van der Waals surface area contributed by atoms with Crippen molar-refractivity contribution in [1.82, 2.24) is 44.3 Å². The van der Waals surface area contributed by atoms with Gasteiger partial charge in [0.2, 0.25) is 11.8 Å². The number of benzene rings is 4. The monoisotopic (exact) mass is 1030 g/mol. The van der Waals surface area contributed by atoms with Crippen molar-refractivity contribution in [2.75, 3.05) is 45.9 Å². The van der Waals surface area contributed by atoms with E-state index < -0.39 is 29.4 Å². The minimum atomic E-state index is -0.887. The molecule has 19 heteroatoms. The molecule has 0 bridgehead atoms. The molecule has 2 aliphatic heterocycles. The molecule has 5 heterocycles. The van der Waals surface area contributed by atoms with Crippen molar-refractivity contribution in [3.05, 3.63) is 106 Å². The number of fused-ring (bicyclic) bond motifs is 3. The predicted octanol–water partition coefficient (Wildman–Crippen LogP) is 7.52. The fourth-order valence-corrected chi connectivity index (χ4v) is 10.3. The van der Waals surface area contributed by atoms with E-state index >= 15 is 0 Å². The van der Waals surface area contributed by atoms with Crippen LogP contribution in [0.3, 0.4) is 0 Å². The number of carbonyl (C=O) groups excluding carboxylic acids is 5. The number of aromatic nitrogens is 5. The first kappa shape index (κ1) is 51.6. The summed E-state index contributed by atoms with van der Waals surface area (Å²) in [5, 5.41) is 12.7. The highest BCUT2D eigenvalue weighted by Crippen LogP contribution is 2.43. The summed E-state index contributed by atoms with van der Waals surface area (Å²) >= 11 is 7.21. The Bertz CT molecular complexity index is 3380. The lowest BCUT2D eigenvalue weighted by Crippen LogP contribution is -2.52. The Labute approximate surface area is 432 Å².